The normalized spacial score (nSPS) is 19.8. The van der Waals surface area contributed by atoms with E-state index >= 15 is 0 Å². The first-order valence-electron chi connectivity index (χ1n) is 7.71. The fourth-order valence-electron chi connectivity index (χ4n) is 2.61. The Bertz CT molecular complexity index is 852. The van der Waals surface area contributed by atoms with Crippen LogP contribution in [0, 0.1) is 6.92 Å². The average molecular weight is 345 g/mol. The molecule has 126 valence electrons. The van der Waals surface area contributed by atoms with Gasteiger partial charge in [0.15, 0.2) is 5.84 Å². The number of allylic oxidation sites excluding steroid dienone is 2. The SMILES string of the molecule is Cc1ccc(C(C)NC(=O)C2=CC=CN3CCS(=O)(=O)N=C23)cc1. The van der Waals surface area contributed by atoms with E-state index in [1.54, 1.807) is 23.3 Å². The Morgan fingerprint density at radius 2 is 2.00 bits per heavy atom. The number of amidine groups is 1. The number of carbonyl (C=O) groups excluding carboxylic acids is 1. The zero-order valence-electron chi connectivity index (χ0n) is 13.6. The molecule has 7 heteroatoms. The van der Waals surface area contributed by atoms with Crippen LogP contribution in [-0.4, -0.2) is 37.4 Å². The molecular weight excluding hydrogens is 326 g/mol. The first-order valence-corrected chi connectivity index (χ1v) is 9.32. The van der Waals surface area contributed by atoms with Crippen LogP contribution in [0.25, 0.3) is 0 Å². The number of sulfonamides is 1. The lowest BCUT2D eigenvalue weighted by Crippen LogP contribution is -2.42. The smallest absolute Gasteiger partial charge is 0.256 e. The fraction of sp³-hybridized carbons (Fsp3) is 0.294. The van der Waals surface area contributed by atoms with E-state index in [1.165, 1.54) is 0 Å². The number of aryl methyl sites for hydroxylation is 1. The molecule has 1 atom stereocenters. The standard InChI is InChI=1S/C17H19N3O3S/c1-12-5-7-14(8-6-12)13(2)18-17(21)15-4-3-9-20-10-11-24(22,23)19-16(15)20/h3-9,13H,10-11H2,1-2H3,(H,18,21). The maximum absolute atomic E-state index is 12.6. The molecule has 2 heterocycles. The molecule has 0 spiro atoms. The van der Waals surface area contributed by atoms with Crippen LogP contribution in [0.4, 0.5) is 0 Å². The van der Waals surface area contributed by atoms with E-state index in [4.69, 9.17) is 0 Å². The third-order valence-corrected chi connectivity index (χ3v) is 5.18. The second kappa shape index (κ2) is 6.24. The first-order chi connectivity index (χ1) is 11.4. The van der Waals surface area contributed by atoms with Crippen molar-refractivity contribution >= 4 is 21.8 Å². The summed E-state index contributed by atoms with van der Waals surface area (Å²) < 4.78 is 27.3. The Kier molecular flexibility index (Phi) is 4.28. The Hall–Kier alpha value is -2.41. The van der Waals surface area contributed by atoms with Gasteiger partial charge < -0.3 is 10.2 Å². The molecule has 0 aliphatic carbocycles. The molecule has 2 aliphatic rings. The van der Waals surface area contributed by atoms with Gasteiger partial charge >= 0.3 is 0 Å². The van der Waals surface area contributed by atoms with E-state index in [2.05, 4.69) is 9.71 Å². The monoisotopic (exact) mass is 345 g/mol. The van der Waals surface area contributed by atoms with Crippen LogP contribution in [0.5, 0.6) is 0 Å². The molecule has 0 fully saturated rings. The molecule has 0 saturated heterocycles. The number of nitrogens with one attached hydrogen (secondary N) is 1. The van der Waals surface area contributed by atoms with Gasteiger partial charge in [0.25, 0.3) is 15.9 Å². The van der Waals surface area contributed by atoms with Crippen LogP contribution in [0.15, 0.2) is 52.6 Å². The average Bonchev–Trinajstić information content (AvgIpc) is 2.54. The molecule has 1 aromatic carbocycles. The number of fused-ring (bicyclic) bond motifs is 1. The molecule has 0 aromatic heterocycles. The number of hydrogen-bond acceptors (Lipinski definition) is 4. The van der Waals surface area contributed by atoms with Gasteiger partial charge in [0.2, 0.25) is 0 Å². The van der Waals surface area contributed by atoms with Gasteiger partial charge in [0, 0.05) is 12.7 Å². The fourth-order valence-corrected chi connectivity index (χ4v) is 3.59. The van der Waals surface area contributed by atoms with Crippen LogP contribution in [0.3, 0.4) is 0 Å². The van der Waals surface area contributed by atoms with Crippen molar-refractivity contribution in [3.8, 4) is 0 Å². The summed E-state index contributed by atoms with van der Waals surface area (Å²) in [4.78, 5) is 14.3. The Balaban J connectivity index is 1.81. The minimum atomic E-state index is -3.51. The summed E-state index contributed by atoms with van der Waals surface area (Å²) in [6, 6.07) is 7.70. The second-order valence-electron chi connectivity index (χ2n) is 5.92. The van der Waals surface area contributed by atoms with Gasteiger partial charge in [-0.1, -0.05) is 29.8 Å². The number of carbonyl (C=O) groups is 1. The lowest BCUT2D eigenvalue weighted by Gasteiger charge is -2.29. The highest BCUT2D eigenvalue weighted by Crippen LogP contribution is 2.19. The van der Waals surface area contributed by atoms with Crippen molar-refractivity contribution in [3.05, 3.63) is 59.3 Å². The maximum Gasteiger partial charge on any atom is 0.256 e. The molecular formula is C17H19N3O3S. The predicted molar refractivity (Wildman–Crippen MR) is 92.9 cm³/mol. The van der Waals surface area contributed by atoms with Crippen molar-refractivity contribution in [2.75, 3.05) is 12.3 Å². The number of rotatable bonds is 3. The van der Waals surface area contributed by atoms with Crippen LogP contribution in [-0.2, 0) is 14.8 Å². The van der Waals surface area contributed by atoms with Gasteiger partial charge in [0.1, 0.15) is 0 Å². The molecule has 0 bridgehead atoms. The summed E-state index contributed by atoms with van der Waals surface area (Å²) >= 11 is 0. The van der Waals surface area contributed by atoms with Gasteiger partial charge in [-0.05, 0) is 31.6 Å². The maximum atomic E-state index is 12.6. The highest BCUT2D eigenvalue weighted by Gasteiger charge is 2.30. The van der Waals surface area contributed by atoms with E-state index in [9.17, 15) is 13.2 Å². The van der Waals surface area contributed by atoms with E-state index in [0.717, 1.165) is 11.1 Å². The molecule has 6 nitrogen and oxygen atoms in total. The minimum Gasteiger partial charge on any atom is -0.345 e. The van der Waals surface area contributed by atoms with Gasteiger partial charge in [0.05, 0.1) is 17.4 Å². The van der Waals surface area contributed by atoms with Crippen molar-refractivity contribution < 1.29 is 13.2 Å². The van der Waals surface area contributed by atoms with Gasteiger partial charge in [-0.3, -0.25) is 4.79 Å². The predicted octanol–water partition coefficient (Wildman–Crippen LogP) is 1.67. The summed E-state index contributed by atoms with van der Waals surface area (Å²) in [7, 11) is -3.51. The highest BCUT2D eigenvalue weighted by molar-refractivity contribution is 7.90. The van der Waals surface area contributed by atoms with E-state index in [-0.39, 0.29) is 29.1 Å². The minimum absolute atomic E-state index is 0.0461. The van der Waals surface area contributed by atoms with Crippen molar-refractivity contribution in [1.82, 2.24) is 10.2 Å². The lowest BCUT2D eigenvalue weighted by molar-refractivity contribution is -0.117. The van der Waals surface area contributed by atoms with E-state index in [1.807, 2.05) is 38.1 Å². The second-order valence-corrected chi connectivity index (χ2v) is 7.68. The summed E-state index contributed by atoms with van der Waals surface area (Å²) in [6.07, 6.45) is 5.05. The number of nitrogens with zero attached hydrogens (tertiary/aromatic N) is 2. The molecule has 1 unspecified atom stereocenters. The summed E-state index contributed by atoms with van der Waals surface area (Å²) in [5, 5.41) is 2.90. The molecule has 2 aliphatic heterocycles. The Labute approximate surface area is 141 Å². The van der Waals surface area contributed by atoms with E-state index < -0.39 is 10.0 Å². The molecule has 1 aromatic rings. The zero-order chi connectivity index (χ0) is 17.3. The Morgan fingerprint density at radius 1 is 1.29 bits per heavy atom. The van der Waals surface area contributed by atoms with Crippen molar-refractivity contribution in [2.45, 2.75) is 19.9 Å². The third-order valence-electron chi connectivity index (χ3n) is 4.03. The number of benzene rings is 1. The van der Waals surface area contributed by atoms with E-state index in [0.29, 0.717) is 6.54 Å². The van der Waals surface area contributed by atoms with Crippen LogP contribution in [0.2, 0.25) is 0 Å². The van der Waals surface area contributed by atoms with Gasteiger partial charge in [-0.15, -0.1) is 4.40 Å². The lowest BCUT2D eigenvalue weighted by atomic mass is 10.1. The summed E-state index contributed by atoms with van der Waals surface area (Å²) in [5.74, 6) is -0.194. The molecule has 3 rings (SSSR count). The van der Waals surface area contributed by atoms with Crippen LogP contribution >= 0.6 is 0 Å². The molecule has 0 radical (unpaired) electrons. The highest BCUT2D eigenvalue weighted by atomic mass is 32.2. The third kappa shape index (κ3) is 3.41. The largest absolute Gasteiger partial charge is 0.345 e. The summed E-state index contributed by atoms with van der Waals surface area (Å²) in [5.41, 5.74) is 2.39. The number of amides is 1. The molecule has 1 N–H and O–H groups in total. The van der Waals surface area contributed by atoms with Crippen LogP contribution in [0.1, 0.15) is 24.1 Å². The first kappa shape index (κ1) is 16.4. The quantitative estimate of drug-likeness (QED) is 0.904. The Morgan fingerprint density at radius 3 is 2.71 bits per heavy atom. The zero-order valence-corrected chi connectivity index (χ0v) is 14.4. The van der Waals surface area contributed by atoms with Crippen molar-refractivity contribution in [3.63, 3.8) is 0 Å². The number of hydrogen-bond donors (Lipinski definition) is 1. The molecule has 0 saturated carbocycles. The van der Waals surface area contributed by atoms with Crippen molar-refractivity contribution in [1.29, 1.82) is 0 Å². The van der Waals surface area contributed by atoms with Gasteiger partial charge in [-0.2, -0.15) is 0 Å². The topological polar surface area (TPSA) is 78.8 Å². The van der Waals surface area contributed by atoms with Crippen molar-refractivity contribution in [2.24, 2.45) is 4.40 Å². The van der Waals surface area contributed by atoms with Crippen LogP contribution < -0.4 is 5.32 Å². The summed E-state index contributed by atoms with van der Waals surface area (Å²) in [6.45, 7) is 4.19. The molecule has 24 heavy (non-hydrogen) atoms. The molecule has 1 amide bonds. The van der Waals surface area contributed by atoms with Gasteiger partial charge in [-0.25, -0.2) is 8.42 Å².